The van der Waals surface area contributed by atoms with Crippen LogP contribution in [0.2, 0.25) is 0 Å². The number of hydrogen-bond acceptors (Lipinski definition) is 3. The molecule has 0 heterocycles. The van der Waals surface area contributed by atoms with Crippen molar-refractivity contribution in [1.29, 1.82) is 0 Å². The molecule has 48 heavy (non-hydrogen) atoms. The lowest BCUT2D eigenvalue weighted by atomic mass is 10.0. The van der Waals surface area contributed by atoms with Crippen LogP contribution in [0.4, 0.5) is 0 Å². The number of amides is 1. The van der Waals surface area contributed by atoms with Crippen LogP contribution < -0.4 is 5.32 Å². The third-order valence-electron chi connectivity index (χ3n) is 8.84. The van der Waals surface area contributed by atoms with Crippen LogP contribution in [0.15, 0.2) is 12.2 Å². The molecule has 0 saturated heterocycles. The van der Waals surface area contributed by atoms with Crippen molar-refractivity contribution in [3.63, 3.8) is 0 Å². The van der Waals surface area contributed by atoms with Gasteiger partial charge in [-0.3, -0.25) is 4.79 Å². The van der Waals surface area contributed by atoms with Crippen molar-refractivity contribution < 1.29 is 4.79 Å². The fourth-order valence-corrected chi connectivity index (χ4v) is 5.63. The molecular formula is C43H92BrN3O. The van der Waals surface area contributed by atoms with Gasteiger partial charge in [-0.2, -0.15) is 0 Å². The van der Waals surface area contributed by atoms with Crippen molar-refractivity contribution in [2.45, 2.75) is 214 Å². The van der Waals surface area contributed by atoms with Gasteiger partial charge in [-0.1, -0.05) is 194 Å². The Morgan fingerprint density at radius 1 is 0.438 bits per heavy atom. The molecule has 5 heteroatoms. The van der Waals surface area contributed by atoms with Gasteiger partial charge in [0.05, 0.1) is 0 Å². The Bertz CT molecular complexity index is 561. The van der Waals surface area contributed by atoms with Gasteiger partial charge < -0.3 is 15.1 Å². The van der Waals surface area contributed by atoms with Crippen LogP contribution in [-0.4, -0.2) is 63.5 Å². The van der Waals surface area contributed by atoms with Crippen LogP contribution in [0.5, 0.6) is 0 Å². The summed E-state index contributed by atoms with van der Waals surface area (Å²) in [7, 11) is 8.68. The highest BCUT2D eigenvalue weighted by Gasteiger charge is 1.98. The van der Waals surface area contributed by atoms with Gasteiger partial charge in [0.1, 0.15) is 0 Å². The van der Waals surface area contributed by atoms with E-state index in [1.807, 2.05) is 6.92 Å². The molecule has 0 aromatic carbocycles. The summed E-state index contributed by atoms with van der Waals surface area (Å²) < 4.78 is 0. The average molecular weight is 747 g/mol. The summed E-state index contributed by atoms with van der Waals surface area (Å²) in [6.07, 6.45) is 41.6. The van der Waals surface area contributed by atoms with Crippen LogP contribution in [0, 0.1) is 0 Å². The number of hydrogen-bond donors (Lipinski definition) is 1. The monoisotopic (exact) mass is 746 g/mol. The first kappa shape index (κ1) is 54.4. The molecule has 0 aliphatic heterocycles. The number of nitrogens with zero attached hydrogens (tertiary/aromatic N) is 2. The van der Waals surface area contributed by atoms with Crippen LogP contribution in [0.25, 0.3) is 0 Å². The van der Waals surface area contributed by atoms with Gasteiger partial charge in [0, 0.05) is 12.1 Å². The maximum atomic E-state index is 10.7. The van der Waals surface area contributed by atoms with E-state index >= 15 is 0 Å². The van der Waals surface area contributed by atoms with E-state index in [2.05, 4.69) is 63.7 Å². The quantitative estimate of drug-likeness (QED) is 0.0536. The lowest BCUT2D eigenvalue weighted by Gasteiger charge is -2.08. The minimum Gasteiger partial charge on any atom is -0.352 e. The average Bonchev–Trinajstić information content (AvgIpc) is 3.04. The molecule has 0 atom stereocenters. The molecule has 1 N–H and O–H groups in total. The first-order valence-electron chi connectivity index (χ1n) is 21.0. The summed E-state index contributed by atoms with van der Waals surface area (Å²) >= 11 is 0. The minimum absolute atomic E-state index is 0. The van der Waals surface area contributed by atoms with E-state index in [0.29, 0.717) is 5.57 Å². The fourth-order valence-electron chi connectivity index (χ4n) is 5.63. The van der Waals surface area contributed by atoms with Crippen molar-refractivity contribution in [1.82, 2.24) is 15.1 Å². The van der Waals surface area contributed by atoms with E-state index in [0.717, 1.165) is 13.0 Å². The van der Waals surface area contributed by atoms with E-state index < -0.39 is 0 Å². The summed E-state index contributed by atoms with van der Waals surface area (Å²) in [4.78, 5) is 15.3. The molecular weight excluding hydrogens is 654 g/mol. The molecule has 0 spiro atoms. The van der Waals surface area contributed by atoms with Gasteiger partial charge in [-0.05, 0) is 67.5 Å². The van der Waals surface area contributed by atoms with Crippen molar-refractivity contribution in [2.75, 3.05) is 47.8 Å². The summed E-state index contributed by atoms with van der Waals surface area (Å²) in [5, 5.41) is 2.69. The number of halogens is 1. The van der Waals surface area contributed by atoms with Gasteiger partial charge >= 0.3 is 0 Å². The van der Waals surface area contributed by atoms with Gasteiger partial charge in [0.25, 0.3) is 0 Å². The second kappa shape index (κ2) is 48.7. The van der Waals surface area contributed by atoms with E-state index in [-0.39, 0.29) is 22.9 Å². The normalized spacial score (nSPS) is 10.6. The molecule has 0 unspecified atom stereocenters. The summed E-state index contributed by atoms with van der Waals surface area (Å²) in [5.74, 6) is -0.0446. The van der Waals surface area contributed by atoms with Crippen molar-refractivity contribution in [2.24, 2.45) is 0 Å². The molecule has 0 aliphatic rings. The third-order valence-corrected chi connectivity index (χ3v) is 8.84. The Kier molecular flexibility index (Phi) is 55.2. The van der Waals surface area contributed by atoms with Gasteiger partial charge in [0.15, 0.2) is 0 Å². The molecule has 0 aromatic heterocycles. The number of rotatable bonds is 33. The first-order chi connectivity index (χ1) is 22.7. The lowest BCUT2D eigenvalue weighted by molar-refractivity contribution is -0.117. The van der Waals surface area contributed by atoms with Gasteiger partial charge in [-0.15, -0.1) is 17.0 Å². The second-order valence-electron chi connectivity index (χ2n) is 14.8. The second-order valence-corrected chi connectivity index (χ2v) is 14.8. The van der Waals surface area contributed by atoms with Gasteiger partial charge in [0.2, 0.25) is 5.91 Å². The molecule has 0 aliphatic carbocycles. The largest absolute Gasteiger partial charge is 0.352 e. The Morgan fingerprint density at radius 2 is 0.667 bits per heavy atom. The summed E-state index contributed by atoms with van der Waals surface area (Å²) in [6, 6.07) is 0. The van der Waals surface area contributed by atoms with Crippen molar-refractivity contribution in [3.8, 4) is 0 Å². The van der Waals surface area contributed by atoms with Crippen LogP contribution in [0.1, 0.15) is 214 Å². The van der Waals surface area contributed by atoms with Gasteiger partial charge in [-0.25, -0.2) is 0 Å². The number of unbranched alkanes of at least 4 members (excludes halogenated alkanes) is 26. The molecule has 1 amide bonds. The topological polar surface area (TPSA) is 35.6 Å². The van der Waals surface area contributed by atoms with Crippen LogP contribution >= 0.6 is 17.0 Å². The summed E-state index contributed by atoms with van der Waals surface area (Å²) in [6.45, 7) is 15.1. The fraction of sp³-hybridized carbons (Fsp3) is 0.930. The zero-order valence-electron chi connectivity index (χ0n) is 34.5. The lowest BCUT2D eigenvalue weighted by Crippen LogP contribution is -2.24. The first-order valence-corrected chi connectivity index (χ1v) is 21.0. The minimum atomic E-state index is -0.0446. The van der Waals surface area contributed by atoms with Crippen molar-refractivity contribution >= 4 is 22.9 Å². The molecule has 0 aromatic rings. The number of carbonyl (C=O) groups is 1. The molecule has 0 bridgehead atoms. The highest BCUT2D eigenvalue weighted by molar-refractivity contribution is 8.93. The number of nitrogens with one attached hydrogen (secondary N) is 1. The highest BCUT2D eigenvalue weighted by atomic mass is 79.9. The Hall–Kier alpha value is -0.390. The Labute approximate surface area is 315 Å². The smallest absolute Gasteiger partial charge is 0.246 e. The Morgan fingerprint density at radius 3 is 0.854 bits per heavy atom. The SMILES string of the molecule is Br.C=C(C)C(=O)NCCC.CCCCCCCCCCCCCCCCN(C)C.CCCCCCCCCCCCCCCCN(C)C. The zero-order chi connectivity index (χ0) is 35.6. The highest BCUT2D eigenvalue weighted by Crippen LogP contribution is 2.14. The predicted octanol–water partition coefficient (Wildman–Crippen LogP) is 13.7. The van der Waals surface area contributed by atoms with E-state index in [9.17, 15) is 4.79 Å². The van der Waals surface area contributed by atoms with Crippen molar-refractivity contribution in [3.05, 3.63) is 12.2 Å². The molecule has 292 valence electrons. The van der Waals surface area contributed by atoms with Crippen LogP contribution in [0.3, 0.4) is 0 Å². The number of carbonyl (C=O) groups excluding carboxylic acids is 1. The maximum absolute atomic E-state index is 10.7. The maximum Gasteiger partial charge on any atom is 0.246 e. The summed E-state index contributed by atoms with van der Waals surface area (Å²) in [5.41, 5.74) is 0.573. The van der Waals surface area contributed by atoms with E-state index in [1.54, 1.807) is 6.92 Å². The van der Waals surface area contributed by atoms with E-state index in [4.69, 9.17) is 0 Å². The molecule has 0 fully saturated rings. The third kappa shape index (κ3) is 57.9. The Balaban J connectivity index is -0.000000318. The molecule has 0 radical (unpaired) electrons. The predicted molar refractivity (Wildman–Crippen MR) is 226 cm³/mol. The molecule has 0 saturated carbocycles. The standard InChI is InChI=1S/2C18H39N.C7H13NO.BrH/c2*1-4-5-6-7-8-9-10-11-12-13-14-15-16-17-18-19(2)3;1-4-5-8-7(9)6(2)3;/h2*4-18H2,1-3H3;2,4-5H2,1,3H3,(H,8,9);1H. The molecule has 4 nitrogen and oxygen atoms in total. The van der Waals surface area contributed by atoms with E-state index in [1.165, 1.54) is 193 Å². The zero-order valence-corrected chi connectivity index (χ0v) is 36.3. The molecule has 0 rings (SSSR count). The van der Waals surface area contributed by atoms with Crippen LogP contribution in [-0.2, 0) is 4.79 Å².